The van der Waals surface area contributed by atoms with Crippen molar-refractivity contribution >= 4 is 29.2 Å². The molecule has 4 aromatic rings. The molecule has 0 fully saturated rings. The maximum Gasteiger partial charge on any atom is 0.290 e. The third kappa shape index (κ3) is 6.77. The van der Waals surface area contributed by atoms with Crippen LogP contribution in [-0.2, 0) is 28.0 Å². The maximum absolute atomic E-state index is 12.4. The Hall–Kier alpha value is -3.98. The molecule has 0 bridgehead atoms. The molecule has 0 saturated carbocycles. The van der Waals surface area contributed by atoms with E-state index in [4.69, 9.17) is 14.4 Å². The second-order valence-corrected chi connectivity index (χ2v) is 9.53. The van der Waals surface area contributed by atoms with E-state index in [1.54, 1.807) is 6.07 Å². The molecule has 0 saturated heterocycles. The van der Waals surface area contributed by atoms with Crippen LogP contribution in [0.2, 0.25) is 0 Å². The van der Waals surface area contributed by atoms with E-state index in [1.807, 2.05) is 57.4 Å². The number of benzene rings is 1. The largest absolute Gasteiger partial charge is 0.483 e. The zero-order valence-corrected chi connectivity index (χ0v) is 20.6. The first kappa shape index (κ1) is 25.6. The highest BCUT2D eigenvalue weighted by Crippen LogP contribution is 2.26. The highest BCUT2D eigenvalue weighted by atomic mass is 16.5. The molecule has 0 spiro atoms. The summed E-state index contributed by atoms with van der Waals surface area (Å²) in [5, 5.41) is 14.8. The standard InChI is InChI=1S/C25H29N5O2.CH2O2/c1-25(2,3)21-12-22(29-32-21)28-23(31)10-16-6-8-17(9-7-16)18-11-20-19(15-30(4)5)14-27-24(20)26-13-18;2-1-3/h6-9,11-14H,10,15H2,1-5H3,(H,26,27)(H,28,29,31);1H,(H,2,3). The first-order chi connectivity index (χ1) is 16.6. The lowest BCUT2D eigenvalue weighted by molar-refractivity contribution is -0.123. The fourth-order valence-corrected chi connectivity index (χ4v) is 3.56. The summed E-state index contributed by atoms with van der Waals surface area (Å²) in [6.07, 6.45) is 4.15. The molecule has 184 valence electrons. The van der Waals surface area contributed by atoms with Crippen LogP contribution in [0.25, 0.3) is 22.2 Å². The van der Waals surface area contributed by atoms with Crippen molar-refractivity contribution in [3.05, 3.63) is 65.7 Å². The van der Waals surface area contributed by atoms with Crippen molar-refractivity contribution in [2.75, 3.05) is 19.4 Å². The predicted octanol–water partition coefficient (Wildman–Crippen LogP) is 4.46. The van der Waals surface area contributed by atoms with Crippen molar-refractivity contribution in [1.82, 2.24) is 20.0 Å². The average molecular weight is 478 g/mol. The van der Waals surface area contributed by atoms with Crippen molar-refractivity contribution in [2.45, 2.75) is 39.2 Å². The molecule has 9 heteroatoms. The minimum absolute atomic E-state index is 0.129. The Morgan fingerprint density at radius 2 is 1.86 bits per heavy atom. The molecule has 1 amide bonds. The highest BCUT2D eigenvalue weighted by Gasteiger charge is 2.20. The number of hydrogen-bond acceptors (Lipinski definition) is 6. The smallest absolute Gasteiger partial charge is 0.290 e. The first-order valence-corrected chi connectivity index (χ1v) is 11.2. The number of nitrogens with one attached hydrogen (secondary N) is 2. The van der Waals surface area contributed by atoms with E-state index in [-0.39, 0.29) is 24.2 Å². The molecule has 0 radical (unpaired) electrons. The van der Waals surface area contributed by atoms with Crippen molar-refractivity contribution < 1.29 is 19.2 Å². The number of aromatic amines is 1. The van der Waals surface area contributed by atoms with E-state index in [2.05, 4.69) is 45.5 Å². The average Bonchev–Trinajstić information content (AvgIpc) is 3.41. The Labute approximate surface area is 204 Å². The van der Waals surface area contributed by atoms with Crippen LogP contribution in [0, 0.1) is 0 Å². The molecular formula is C26H31N5O4. The zero-order chi connectivity index (χ0) is 25.6. The minimum atomic E-state index is -0.250. The first-order valence-electron chi connectivity index (χ1n) is 11.2. The number of H-pyrrole nitrogens is 1. The van der Waals surface area contributed by atoms with Crippen molar-refractivity contribution in [2.24, 2.45) is 0 Å². The van der Waals surface area contributed by atoms with E-state index in [1.165, 1.54) is 5.56 Å². The molecule has 35 heavy (non-hydrogen) atoms. The fraction of sp³-hybridized carbons (Fsp3) is 0.308. The van der Waals surface area contributed by atoms with Gasteiger partial charge in [0.15, 0.2) is 5.82 Å². The highest BCUT2D eigenvalue weighted by molar-refractivity contribution is 5.91. The van der Waals surface area contributed by atoms with Crippen LogP contribution in [0.1, 0.15) is 37.7 Å². The van der Waals surface area contributed by atoms with Gasteiger partial charge in [0, 0.05) is 41.4 Å². The number of carbonyl (C=O) groups excluding carboxylic acids is 1. The lowest BCUT2D eigenvalue weighted by Crippen LogP contribution is -2.14. The van der Waals surface area contributed by atoms with Gasteiger partial charge < -0.3 is 24.8 Å². The number of carbonyl (C=O) groups is 2. The fourth-order valence-electron chi connectivity index (χ4n) is 3.56. The molecular weight excluding hydrogens is 446 g/mol. The number of fused-ring (bicyclic) bond motifs is 1. The number of nitrogens with zero attached hydrogens (tertiary/aromatic N) is 3. The molecule has 0 aliphatic carbocycles. The van der Waals surface area contributed by atoms with E-state index < -0.39 is 0 Å². The van der Waals surface area contributed by atoms with Crippen molar-refractivity contribution in [1.29, 1.82) is 0 Å². The summed E-state index contributed by atoms with van der Waals surface area (Å²) in [5.41, 5.74) is 4.99. The Kier molecular flexibility index (Phi) is 8.03. The Balaban J connectivity index is 0.00000108. The molecule has 0 aliphatic heterocycles. The Morgan fingerprint density at radius 3 is 2.46 bits per heavy atom. The van der Waals surface area contributed by atoms with Gasteiger partial charge >= 0.3 is 0 Å². The number of carboxylic acid groups (broad SMARTS) is 1. The number of amides is 1. The number of pyridine rings is 1. The molecule has 4 rings (SSSR count). The molecule has 0 atom stereocenters. The van der Waals surface area contributed by atoms with Gasteiger partial charge in [-0.25, -0.2) is 4.98 Å². The van der Waals surface area contributed by atoms with Gasteiger partial charge in [0.05, 0.1) is 6.42 Å². The summed E-state index contributed by atoms with van der Waals surface area (Å²) >= 11 is 0. The van der Waals surface area contributed by atoms with E-state index >= 15 is 0 Å². The third-order valence-electron chi connectivity index (χ3n) is 5.27. The molecule has 3 aromatic heterocycles. The van der Waals surface area contributed by atoms with Crippen LogP contribution in [0.5, 0.6) is 0 Å². The van der Waals surface area contributed by atoms with Crippen LogP contribution in [-0.4, -0.2) is 51.6 Å². The van der Waals surface area contributed by atoms with E-state index in [9.17, 15) is 4.79 Å². The summed E-state index contributed by atoms with van der Waals surface area (Å²) in [6.45, 7) is 6.70. The van der Waals surface area contributed by atoms with Gasteiger partial charge in [-0.2, -0.15) is 0 Å². The summed E-state index contributed by atoms with van der Waals surface area (Å²) in [5.74, 6) is 1.05. The van der Waals surface area contributed by atoms with Gasteiger partial charge in [-0.3, -0.25) is 9.59 Å². The Bertz CT molecular complexity index is 1280. The molecule has 0 unspecified atom stereocenters. The summed E-state index contributed by atoms with van der Waals surface area (Å²) in [7, 11) is 4.11. The van der Waals surface area contributed by atoms with Crippen LogP contribution in [0.4, 0.5) is 5.82 Å². The van der Waals surface area contributed by atoms with Gasteiger partial charge in [0.2, 0.25) is 5.91 Å². The number of aromatic nitrogens is 3. The SMILES string of the molecule is CN(C)Cc1c[nH]c2ncc(-c3ccc(CC(=O)Nc4cc(C(C)(C)C)on4)cc3)cc12.O=CO. The van der Waals surface area contributed by atoms with Gasteiger partial charge in [-0.1, -0.05) is 50.2 Å². The number of anilines is 1. The van der Waals surface area contributed by atoms with Gasteiger partial charge in [0.1, 0.15) is 11.4 Å². The van der Waals surface area contributed by atoms with Crippen molar-refractivity contribution in [3.8, 4) is 11.1 Å². The minimum Gasteiger partial charge on any atom is -0.483 e. The quantitative estimate of drug-likeness (QED) is 0.350. The Morgan fingerprint density at radius 1 is 1.17 bits per heavy atom. The molecule has 3 N–H and O–H groups in total. The normalized spacial score (nSPS) is 11.3. The summed E-state index contributed by atoms with van der Waals surface area (Å²) < 4.78 is 5.32. The molecule has 0 aliphatic rings. The third-order valence-corrected chi connectivity index (χ3v) is 5.27. The van der Waals surface area contributed by atoms with Crippen LogP contribution in [0.3, 0.4) is 0 Å². The zero-order valence-electron chi connectivity index (χ0n) is 20.6. The van der Waals surface area contributed by atoms with Gasteiger partial charge in [-0.05, 0) is 36.9 Å². The topological polar surface area (TPSA) is 124 Å². The molecule has 9 nitrogen and oxygen atoms in total. The van der Waals surface area contributed by atoms with E-state index in [0.29, 0.717) is 5.82 Å². The second kappa shape index (κ2) is 11.0. The van der Waals surface area contributed by atoms with Crippen LogP contribution < -0.4 is 5.32 Å². The van der Waals surface area contributed by atoms with Gasteiger partial charge in [-0.15, -0.1) is 0 Å². The summed E-state index contributed by atoms with van der Waals surface area (Å²) in [6, 6.07) is 11.9. The van der Waals surface area contributed by atoms with Crippen LogP contribution in [0.15, 0.2) is 53.3 Å². The van der Waals surface area contributed by atoms with Crippen molar-refractivity contribution in [3.63, 3.8) is 0 Å². The monoisotopic (exact) mass is 477 g/mol. The molecule has 1 aromatic carbocycles. The predicted molar refractivity (Wildman–Crippen MR) is 135 cm³/mol. The van der Waals surface area contributed by atoms with Crippen LogP contribution >= 0.6 is 0 Å². The summed E-state index contributed by atoms with van der Waals surface area (Å²) in [4.78, 5) is 30.7. The molecule has 3 heterocycles. The number of rotatable bonds is 6. The van der Waals surface area contributed by atoms with E-state index in [0.717, 1.165) is 40.0 Å². The lowest BCUT2D eigenvalue weighted by atomic mass is 9.93. The lowest BCUT2D eigenvalue weighted by Gasteiger charge is -2.12. The maximum atomic E-state index is 12.4. The van der Waals surface area contributed by atoms with Gasteiger partial charge in [0.25, 0.3) is 6.47 Å². The number of hydrogen-bond donors (Lipinski definition) is 3. The second-order valence-electron chi connectivity index (χ2n) is 9.53.